The first-order valence-electron chi connectivity index (χ1n) is 3.26. The molecule has 0 spiro atoms. The van der Waals surface area contributed by atoms with Crippen LogP contribution in [0.3, 0.4) is 0 Å². The van der Waals surface area contributed by atoms with Crippen LogP contribution in [0.2, 0.25) is 13.1 Å². The molecule has 0 saturated heterocycles. The Morgan fingerprint density at radius 2 is 1.60 bits per heavy atom. The van der Waals surface area contributed by atoms with Crippen molar-refractivity contribution in [3.8, 4) is 0 Å². The summed E-state index contributed by atoms with van der Waals surface area (Å²) >= 11 is 3.41. The fraction of sp³-hybridized carbons (Fsp3) is 0.250. The summed E-state index contributed by atoms with van der Waals surface area (Å²) < 4.78 is 1.17. The molecule has 1 aromatic rings. The summed E-state index contributed by atoms with van der Waals surface area (Å²) in [6.45, 7) is 4.60. The van der Waals surface area contributed by atoms with Crippen LogP contribution in [0, 0.1) is 0 Å². The van der Waals surface area contributed by atoms with Crippen molar-refractivity contribution in [3.63, 3.8) is 0 Å². The van der Waals surface area contributed by atoms with Gasteiger partial charge in [-0.3, -0.25) is 0 Å². The molecule has 10 heavy (non-hydrogen) atoms. The zero-order valence-corrected chi connectivity index (χ0v) is 8.77. The summed E-state index contributed by atoms with van der Waals surface area (Å²) in [5.41, 5.74) is 0. The summed E-state index contributed by atoms with van der Waals surface area (Å²) in [5, 5.41) is 1.49. The fourth-order valence-corrected chi connectivity index (χ4v) is 1.88. The molecular formula is C8H10BrSi. The van der Waals surface area contributed by atoms with Crippen LogP contribution in [0.1, 0.15) is 0 Å². The maximum Gasteiger partial charge on any atom is 0.0791 e. The van der Waals surface area contributed by atoms with Gasteiger partial charge in [0.15, 0.2) is 0 Å². The van der Waals surface area contributed by atoms with Crippen molar-refractivity contribution in [2.45, 2.75) is 13.1 Å². The summed E-state index contributed by atoms with van der Waals surface area (Å²) in [6, 6.07) is 8.59. The Morgan fingerprint density at radius 1 is 1.10 bits per heavy atom. The lowest BCUT2D eigenvalue weighted by atomic mass is 10.4. The molecule has 0 unspecified atom stereocenters. The monoisotopic (exact) mass is 213 g/mol. The van der Waals surface area contributed by atoms with Crippen molar-refractivity contribution >= 4 is 29.9 Å². The summed E-state index contributed by atoms with van der Waals surface area (Å²) in [5.74, 6) is 0. The van der Waals surface area contributed by atoms with E-state index in [1.165, 1.54) is 9.66 Å². The smallest absolute Gasteiger partial charge is 0.0671 e. The van der Waals surface area contributed by atoms with Crippen LogP contribution in [0.25, 0.3) is 0 Å². The molecule has 0 nitrogen and oxygen atoms in total. The first kappa shape index (κ1) is 8.02. The van der Waals surface area contributed by atoms with E-state index in [4.69, 9.17) is 0 Å². The maximum absolute atomic E-state index is 3.41. The standard InChI is InChI=1S/C8H10BrSi/c1-10(2)8-5-3-7(9)4-6-8/h3-6H,1-2H3. The van der Waals surface area contributed by atoms with Gasteiger partial charge in [0.2, 0.25) is 0 Å². The van der Waals surface area contributed by atoms with Gasteiger partial charge in [0.05, 0.1) is 8.80 Å². The van der Waals surface area contributed by atoms with Gasteiger partial charge in [-0.15, -0.1) is 0 Å². The summed E-state index contributed by atoms with van der Waals surface area (Å²) in [7, 11) is -0.250. The molecule has 0 atom stereocenters. The zero-order chi connectivity index (χ0) is 7.56. The topological polar surface area (TPSA) is 0 Å². The molecule has 1 aromatic carbocycles. The number of rotatable bonds is 1. The van der Waals surface area contributed by atoms with Crippen LogP contribution in [0.4, 0.5) is 0 Å². The van der Waals surface area contributed by atoms with E-state index in [1.54, 1.807) is 0 Å². The van der Waals surface area contributed by atoms with Gasteiger partial charge in [0.25, 0.3) is 0 Å². The average Bonchev–Trinajstić information content (AvgIpc) is 1.88. The van der Waals surface area contributed by atoms with E-state index in [-0.39, 0.29) is 8.80 Å². The van der Waals surface area contributed by atoms with Crippen molar-refractivity contribution in [2.24, 2.45) is 0 Å². The van der Waals surface area contributed by atoms with Gasteiger partial charge < -0.3 is 0 Å². The third-order valence-electron chi connectivity index (χ3n) is 1.42. The molecule has 0 aliphatic carbocycles. The lowest BCUT2D eigenvalue weighted by Gasteiger charge is -2.01. The predicted octanol–water partition coefficient (Wildman–Crippen LogP) is 2.41. The highest BCUT2D eigenvalue weighted by molar-refractivity contribution is 9.10. The third-order valence-corrected chi connectivity index (χ3v) is 3.44. The van der Waals surface area contributed by atoms with Crippen molar-refractivity contribution in [1.29, 1.82) is 0 Å². The van der Waals surface area contributed by atoms with E-state index >= 15 is 0 Å². The normalized spacial score (nSPS) is 10.4. The van der Waals surface area contributed by atoms with Gasteiger partial charge >= 0.3 is 0 Å². The summed E-state index contributed by atoms with van der Waals surface area (Å²) in [4.78, 5) is 0. The Morgan fingerprint density at radius 3 is 2.00 bits per heavy atom. The maximum atomic E-state index is 3.41. The van der Waals surface area contributed by atoms with Crippen molar-refractivity contribution in [1.82, 2.24) is 0 Å². The first-order valence-corrected chi connectivity index (χ1v) is 6.55. The van der Waals surface area contributed by atoms with Gasteiger partial charge in [-0.25, -0.2) is 0 Å². The molecule has 0 bridgehead atoms. The van der Waals surface area contributed by atoms with Crippen LogP contribution in [0.15, 0.2) is 28.7 Å². The highest BCUT2D eigenvalue weighted by Gasteiger charge is 1.98. The van der Waals surface area contributed by atoms with Crippen molar-refractivity contribution in [2.75, 3.05) is 0 Å². The second-order valence-electron chi connectivity index (χ2n) is 2.51. The number of halogens is 1. The first-order chi connectivity index (χ1) is 4.70. The van der Waals surface area contributed by atoms with E-state index < -0.39 is 0 Å². The lowest BCUT2D eigenvalue weighted by molar-refractivity contribution is 1.68. The van der Waals surface area contributed by atoms with E-state index in [9.17, 15) is 0 Å². The van der Waals surface area contributed by atoms with Crippen LogP contribution >= 0.6 is 15.9 Å². The predicted molar refractivity (Wildman–Crippen MR) is 51.3 cm³/mol. The second kappa shape index (κ2) is 3.35. The largest absolute Gasteiger partial charge is 0.0791 e. The van der Waals surface area contributed by atoms with Crippen LogP contribution < -0.4 is 5.19 Å². The molecule has 0 heterocycles. The molecule has 1 rings (SSSR count). The van der Waals surface area contributed by atoms with Crippen LogP contribution in [0.5, 0.6) is 0 Å². The quantitative estimate of drug-likeness (QED) is 0.630. The Labute approximate surface area is 72.0 Å². The van der Waals surface area contributed by atoms with Gasteiger partial charge in [0.1, 0.15) is 0 Å². The van der Waals surface area contributed by atoms with Gasteiger partial charge in [0, 0.05) is 4.47 Å². The van der Waals surface area contributed by atoms with E-state index in [1.807, 2.05) is 0 Å². The Balaban J connectivity index is 2.89. The summed E-state index contributed by atoms with van der Waals surface area (Å²) in [6.07, 6.45) is 0. The highest BCUT2D eigenvalue weighted by atomic mass is 79.9. The molecule has 1 radical (unpaired) electrons. The Hall–Kier alpha value is -0.0831. The molecule has 0 aromatic heterocycles. The average molecular weight is 214 g/mol. The fourth-order valence-electron chi connectivity index (χ4n) is 0.783. The number of hydrogen-bond donors (Lipinski definition) is 0. The second-order valence-corrected chi connectivity index (χ2v) is 6.00. The van der Waals surface area contributed by atoms with Gasteiger partial charge in [-0.05, 0) is 12.1 Å². The molecule has 0 fully saturated rings. The van der Waals surface area contributed by atoms with Crippen LogP contribution in [-0.4, -0.2) is 8.80 Å². The molecular weight excluding hydrogens is 204 g/mol. The molecule has 0 saturated carbocycles. The third kappa shape index (κ3) is 1.96. The van der Waals surface area contributed by atoms with Crippen molar-refractivity contribution < 1.29 is 0 Å². The van der Waals surface area contributed by atoms with E-state index in [2.05, 4.69) is 53.3 Å². The minimum atomic E-state index is -0.250. The molecule has 53 valence electrons. The minimum Gasteiger partial charge on any atom is -0.0671 e. The number of hydrogen-bond acceptors (Lipinski definition) is 0. The van der Waals surface area contributed by atoms with Gasteiger partial charge in [-0.1, -0.05) is 46.3 Å². The number of benzene rings is 1. The Kier molecular flexibility index (Phi) is 2.69. The van der Waals surface area contributed by atoms with E-state index in [0.717, 1.165) is 0 Å². The molecule has 0 amide bonds. The van der Waals surface area contributed by atoms with Gasteiger partial charge in [-0.2, -0.15) is 0 Å². The van der Waals surface area contributed by atoms with Crippen molar-refractivity contribution in [3.05, 3.63) is 28.7 Å². The molecule has 0 N–H and O–H groups in total. The molecule has 0 aliphatic heterocycles. The minimum absolute atomic E-state index is 0.250. The molecule has 2 heteroatoms. The Bertz CT molecular complexity index is 203. The lowest BCUT2D eigenvalue weighted by Crippen LogP contribution is -2.21. The van der Waals surface area contributed by atoms with E-state index in [0.29, 0.717) is 0 Å². The zero-order valence-electron chi connectivity index (χ0n) is 6.19. The van der Waals surface area contributed by atoms with Crippen LogP contribution in [-0.2, 0) is 0 Å². The SMILES string of the molecule is C[Si](C)c1ccc(Br)cc1. The molecule has 0 aliphatic rings. The highest BCUT2D eigenvalue weighted by Crippen LogP contribution is 2.05.